The summed E-state index contributed by atoms with van der Waals surface area (Å²) in [5.41, 5.74) is 2.49. The smallest absolute Gasteiger partial charge is 0.141 e. The first-order valence-corrected chi connectivity index (χ1v) is 8.49. The summed E-state index contributed by atoms with van der Waals surface area (Å²) in [5, 5.41) is 3.68. The fourth-order valence-electron chi connectivity index (χ4n) is 3.17. The molecule has 2 aliphatic heterocycles. The Hall–Kier alpha value is -0.870. The summed E-state index contributed by atoms with van der Waals surface area (Å²) in [6, 6.07) is 6.78. The van der Waals surface area contributed by atoms with Crippen molar-refractivity contribution < 1.29 is 9.47 Å². The highest BCUT2D eigenvalue weighted by molar-refractivity contribution is 7.99. The minimum Gasteiger partial charge on any atom is -0.495 e. The normalized spacial score (nSPS) is 29.6. The second kappa shape index (κ2) is 5.86. The summed E-state index contributed by atoms with van der Waals surface area (Å²) in [4.78, 5) is 0. The van der Waals surface area contributed by atoms with Gasteiger partial charge in [0.1, 0.15) is 5.75 Å². The van der Waals surface area contributed by atoms with Crippen LogP contribution in [0.5, 0.6) is 5.75 Å². The molecule has 1 aromatic rings. The lowest BCUT2D eigenvalue weighted by molar-refractivity contribution is -0.0628. The molecule has 0 radical (unpaired) electrons. The highest BCUT2D eigenvalue weighted by Gasteiger charge is 2.40. The van der Waals surface area contributed by atoms with Crippen molar-refractivity contribution in [3.63, 3.8) is 0 Å². The molecule has 0 saturated carbocycles. The van der Waals surface area contributed by atoms with E-state index in [1.165, 1.54) is 17.7 Å². The monoisotopic (exact) mass is 293 g/mol. The van der Waals surface area contributed by atoms with E-state index in [1.54, 1.807) is 7.11 Å². The molecule has 3 nitrogen and oxygen atoms in total. The molecular weight excluding hydrogens is 270 g/mol. The average molecular weight is 293 g/mol. The van der Waals surface area contributed by atoms with Crippen LogP contribution in [-0.2, 0) is 4.74 Å². The molecule has 2 aliphatic rings. The number of thioether (sulfide) groups is 1. The van der Waals surface area contributed by atoms with Crippen LogP contribution in [0.3, 0.4) is 0 Å². The van der Waals surface area contributed by atoms with Gasteiger partial charge in [0.2, 0.25) is 0 Å². The summed E-state index contributed by atoms with van der Waals surface area (Å²) in [5.74, 6) is 3.31. The number of ether oxygens (including phenoxy) is 2. The molecule has 4 heteroatoms. The Morgan fingerprint density at radius 2 is 2.35 bits per heavy atom. The number of hydrogen-bond acceptors (Lipinski definition) is 4. The van der Waals surface area contributed by atoms with E-state index in [0.717, 1.165) is 36.6 Å². The first kappa shape index (κ1) is 14.1. The van der Waals surface area contributed by atoms with Gasteiger partial charge in [0.05, 0.1) is 18.4 Å². The van der Waals surface area contributed by atoms with Crippen molar-refractivity contribution in [1.82, 2.24) is 0 Å². The van der Waals surface area contributed by atoms with Crippen LogP contribution in [0.4, 0.5) is 5.69 Å². The zero-order valence-corrected chi connectivity index (χ0v) is 13.1. The Morgan fingerprint density at radius 1 is 1.45 bits per heavy atom. The first-order valence-electron chi connectivity index (χ1n) is 7.34. The lowest BCUT2D eigenvalue weighted by Crippen LogP contribution is -2.44. The van der Waals surface area contributed by atoms with Gasteiger partial charge in [-0.1, -0.05) is 6.07 Å². The van der Waals surface area contributed by atoms with Gasteiger partial charge in [-0.15, -0.1) is 0 Å². The lowest BCUT2D eigenvalue weighted by atomic mass is 9.89. The first-order chi connectivity index (χ1) is 9.71. The number of anilines is 1. The molecule has 110 valence electrons. The number of nitrogens with one attached hydrogen (secondary N) is 1. The lowest BCUT2D eigenvalue weighted by Gasteiger charge is -2.38. The van der Waals surface area contributed by atoms with Gasteiger partial charge in [0.25, 0.3) is 0 Å². The largest absolute Gasteiger partial charge is 0.495 e. The van der Waals surface area contributed by atoms with Crippen LogP contribution in [0.25, 0.3) is 0 Å². The Kier molecular flexibility index (Phi) is 4.13. The molecule has 1 N–H and O–H groups in total. The fourth-order valence-corrected chi connectivity index (χ4v) is 4.55. The summed E-state index contributed by atoms with van der Waals surface area (Å²) in [6.07, 6.45) is 3.38. The topological polar surface area (TPSA) is 30.5 Å². The minimum atomic E-state index is 0.123. The number of methoxy groups -OCH3 is 1. The van der Waals surface area contributed by atoms with Gasteiger partial charge in [-0.3, -0.25) is 0 Å². The Bertz CT molecular complexity index is 472. The predicted molar refractivity (Wildman–Crippen MR) is 85.0 cm³/mol. The van der Waals surface area contributed by atoms with E-state index in [1.807, 2.05) is 17.8 Å². The van der Waals surface area contributed by atoms with Crippen molar-refractivity contribution in [2.45, 2.75) is 37.8 Å². The van der Waals surface area contributed by atoms with Crippen LogP contribution in [0.1, 0.15) is 24.8 Å². The Labute approximate surface area is 125 Å². The van der Waals surface area contributed by atoms with E-state index in [9.17, 15) is 0 Å². The molecule has 3 rings (SSSR count). The molecule has 0 amide bonds. The van der Waals surface area contributed by atoms with Crippen molar-refractivity contribution in [3.8, 4) is 5.75 Å². The van der Waals surface area contributed by atoms with Crippen LogP contribution in [0.2, 0.25) is 0 Å². The quantitative estimate of drug-likeness (QED) is 0.924. The van der Waals surface area contributed by atoms with E-state index in [2.05, 4.69) is 24.4 Å². The van der Waals surface area contributed by atoms with Crippen LogP contribution in [-0.4, -0.2) is 36.9 Å². The molecule has 2 saturated heterocycles. The SMILES string of the molecule is COc1ccc(C)cc1NC1CCOC2(CCSC2)C1. The molecular formula is C16H23NO2S. The van der Waals surface area contributed by atoms with E-state index in [-0.39, 0.29) is 5.60 Å². The predicted octanol–water partition coefficient (Wildman–Crippen LogP) is 3.47. The molecule has 1 aromatic carbocycles. The van der Waals surface area contributed by atoms with E-state index >= 15 is 0 Å². The van der Waals surface area contributed by atoms with Crippen molar-refractivity contribution in [1.29, 1.82) is 0 Å². The van der Waals surface area contributed by atoms with E-state index < -0.39 is 0 Å². The van der Waals surface area contributed by atoms with Crippen molar-refractivity contribution in [2.75, 3.05) is 30.5 Å². The van der Waals surface area contributed by atoms with E-state index in [0.29, 0.717) is 6.04 Å². The molecule has 2 fully saturated rings. The second-order valence-electron chi connectivity index (χ2n) is 5.87. The van der Waals surface area contributed by atoms with Crippen LogP contribution in [0, 0.1) is 6.92 Å². The molecule has 2 atom stereocenters. The average Bonchev–Trinajstić information content (AvgIpc) is 2.87. The standard InChI is InChI=1S/C16H23NO2S/c1-12-3-4-15(18-2)14(9-12)17-13-5-7-19-16(10-13)6-8-20-11-16/h3-4,9,13,17H,5-8,10-11H2,1-2H3. The fraction of sp³-hybridized carbons (Fsp3) is 0.625. The molecule has 2 unspecified atom stereocenters. The Morgan fingerprint density at radius 3 is 3.10 bits per heavy atom. The van der Waals surface area contributed by atoms with Gasteiger partial charge in [-0.2, -0.15) is 11.8 Å². The molecule has 0 aromatic heterocycles. The van der Waals surface area contributed by atoms with Crippen molar-refractivity contribution in [2.24, 2.45) is 0 Å². The highest BCUT2D eigenvalue weighted by atomic mass is 32.2. The maximum Gasteiger partial charge on any atom is 0.141 e. The zero-order chi connectivity index (χ0) is 14.0. The van der Waals surface area contributed by atoms with Crippen LogP contribution >= 0.6 is 11.8 Å². The maximum absolute atomic E-state index is 6.08. The van der Waals surface area contributed by atoms with Crippen LogP contribution in [0.15, 0.2) is 18.2 Å². The van der Waals surface area contributed by atoms with Crippen LogP contribution < -0.4 is 10.1 Å². The summed E-state index contributed by atoms with van der Waals surface area (Å²) in [6.45, 7) is 2.98. The van der Waals surface area contributed by atoms with E-state index in [4.69, 9.17) is 9.47 Å². The van der Waals surface area contributed by atoms with Gasteiger partial charge >= 0.3 is 0 Å². The van der Waals surface area contributed by atoms with Gasteiger partial charge < -0.3 is 14.8 Å². The second-order valence-corrected chi connectivity index (χ2v) is 6.98. The third-order valence-electron chi connectivity index (χ3n) is 4.27. The number of benzene rings is 1. The summed E-state index contributed by atoms with van der Waals surface area (Å²) < 4.78 is 11.5. The molecule has 0 bridgehead atoms. The number of rotatable bonds is 3. The van der Waals surface area contributed by atoms with Gasteiger partial charge in [0.15, 0.2) is 0 Å². The molecule has 0 aliphatic carbocycles. The minimum absolute atomic E-state index is 0.123. The van der Waals surface area contributed by atoms with Gasteiger partial charge in [-0.05, 0) is 49.6 Å². The van der Waals surface area contributed by atoms with Gasteiger partial charge in [-0.25, -0.2) is 0 Å². The number of hydrogen-bond donors (Lipinski definition) is 1. The summed E-state index contributed by atoms with van der Waals surface area (Å²) >= 11 is 2.02. The maximum atomic E-state index is 6.08. The van der Waals surface area contributed by atoms with Crippen molar-refractivity contribution >= 4 is 17.4 Å². The zero-order valence-electron chi connectivity index (χ0n) is 12.3. The third-order valence-corrected chi connectivity index (χ3v) is 5.50. The highest BCUT2D eigenvalue weighted by Crippen LogP contribution is 2.39. The van der Waals surface area contributed by atoms with Crippen molar-refractivity contribution in [3.05, 3.63) is 23.8 Å². The van der Waals surface area contributed by atoms with Gasteiger partial charge in [0, 0.05) is 18.4 Å². The molecule has 20 heavy (non-hydrogen) atoms. The third kappa shape index (κ3) is 2.91. The number of aryl methyl sites for hydroxylation is 1. The Balaban J connectivity index is 1.72. The summed E-state index contributed by atoms with van der Waals surface area (Å²) in [7, 11) is 1.73. The molecule has 1 spiro atoms. The molecule has 2 heterocycles.